The van der Waals surface area contributed by atoms with E-state index in [0.29, 0.717) is 0 Å². The third kappa shape index (κ3) is 6.63. The number of hydroxylamine groups is 1. The maximum absolute atomic E-state index is 11.6. The Kier molecular flexibility index (Phi) is 7.46. The van der Waals surface area contributed by atoms with Crippen LogP contribution in [0.15, 0.2) is 30.3 Å². The molecule has 9 nitrogen and oxygen atoms in total. The lowest BCUT2D eigenvalue weighted by Crippen LogP contribution is -2.53. The number of nitrogens with one attached hydrogen (secondary N) is 2. The molecule has 4 N–H and O–H groups in total. The van der Waals surface area contributed by atoms with Gasteiger partial charge in [-0.2, -0.15) is 14.0 Å². The summed E-state index contributed by atoms with van der Waals surface area (Å²) in [6.07, 6.45) is -0.935. The summed E-state index contributed by atoms with van der Waals surface area (Å²) in [4.78, 5) is 22.7. The number of amides is 1. The Hall–Kier alpha value is -2.01. The number of carboxylic acids is 1. The number of alkyl carbamates (subject to hydrolysis) is 1. The number of rotatable bonds is 8. The summed E-state index contributed by atoms with van der Waals surface area (Å²) in [5.41, 5.74) is 2.79. The van der Waals surface area contributed by atoms with Gasteiger partial charge in [0, 0.05) is 0 Å². The molecule has 10 heteroatoms. The Balaban J connectivity index is 2.49. The standard InChI is InChI=1S/C12H16N2O7S/c1-8(14-21-22(18)19)10(11(15)16)13-12(17)20-7-9-5-3-2-4-6-9/h2-6,8,10,14H,7H2,1H3,(H,13,17)(H,15,16)(H,18,19)/t8-,10+/m1/s1. The molecule has 0 aliphatic heterocycles. The van der Waals surface area contributed by atoms with E-state index in [0.717, 1.165) is 5.56 Å². The smallest absolute Gasteiger partial charge is 0.408 e. The maximum atomic E-state index is 11.6. The summed E-state index contributed by atoms with van der Waals surface area (Å²) >= 11 is -2.60. The average molecular weight is 332 g/mol. The first-order chi connectivity index (χ1) is 10.4. The number of hydrogen-bond donors (Lipinski definition) is 4. The van der Waals surface area contributed by atoms with Crippen LogP contribution in [0.1, 0.15) is 12.5 Å². The van der Waals surface area contributed by atoms with Crippen LogP contribution in [0.5, 0.6) is 0 Å². The molecular weight excluding hydrogens is 316 g/mol. The van der Waals surface area contributed by atoms with E-state index in [2.05, 4.69) is 9.60 Å². The zero-order valence-corrected chi connectivity index (χ0v) is 12.4. The molecule has 1 amide bonds. The van der Waals surface area contributed by atoms with Crippen molar-refractivity contribution in [2.24, 2.45) is 0 Å². The Bertz CT molecular complexity index is 525. The van der Waals surface area contributed by atoms with Crippen molar-refractivity contribution in [3.05, 3.63) is 35.9 Å². The average Bonchev–Trinajstić information content (AvgIpc) is 2.49. The molecule has 0 aromatic heterocycles. The van der Waals surface area contributed by atoms with Crippen LogP contribution in [-0.2, 0) is 31.8 Å². The van der Waals surface area contributed by atoms with Crippen molar-refractivity contribution in [1.29, 1.82) is 0 Å². The maximum Gasteiger partial charge on any atom is 0.408 e. The summed E-state index contributed by atoms with van der Waals surface area (Å²) in [7, 11) is 0. The van der Waals surface area contributed by atoms with Gasteiger partial charge < -0.3 is 15.2 Å². The number of carbonyl (C=O) groups excluding carboxylic acids is 1. The Labute approximate surface area is 129 Å². The molecule has 0 bridgehead atoms. The topological polar surface area (TPSA) is 134 Å². The fraction of sp³-hybridized carbons (Fsp3) is 0.333. The fourth-order valence-electron chi connectivity index (χ4n) is 1.48. The van der Waals surface area contributed by atoms with Crippen molar-refractivity contribution < 1.29 is 32.5 Å². The number of aliphatic carboxylic acids is 1. The van der Waals surface area contributed by atoms with Gasteiger partial charge >= 0.3 is 23.4 Å². The molecule has 0 fully saturated rings. The van der Waals surface area contributed by atoms with E-state index >= 15 is 0 Å². The summed E-state index contributed by atoms with van der Waals surface area (Å²) in [6, 6.07) is 6.46. The minimum Gasteiger partial charge on any atom is -0.480 e. The number of ether oxygens (including phenoxy) is 1. The van der Waals surface area contributed by atoms with E-state index in [9.17, 15) is 13.8 Å². The normalized spacial score (nSPS) is 14.6. The largest absolute Gasteiger partial charge is 0.480 e. The second-order valence-corrected chi connectivity index (χ2v) is 4.83. The Morgan fingerprint density at radius 3 is 2.50 bits per heavy atom. The molecule has 1 unspecified atom stereocenters. The van der Waals surface area contributed by atoms with Crippen molar-refractivity contribution in [1.82, 2.24) is 10.8 Å². The van der Waals surface area contributed by atoms with Crippen LogP contribution >= 0.6 is 0 Å². The number of benzene rings is 1. The predicted molar refractivity (Wildman–Crippen MR) is 75.6 cm³/mol. The van der Waals surface area contributed by atoms with Crippen LogP contribution in [0.3, 0.4) is 0 Å². The highest BCUT2D eigenvalue weighted by Crippen LogP contribution is 2.02. The van der Waals surface area contributed by atoms with Gasteiger partial charge in [-0.3, -0.25) is 4.55 Å². The van der Waals surface area contributed by atoms with Gasteiger partial charge in [0.1, 0.15) is 12.6 Å². The van der Waals surface area contributed by atoms with E-state index in [1.54, 1.807) is 24.3 Å². The Morgan fingerprint density at radius 2 is 1.95 bits per heavy atom. The lowest BCUT2D eigenvalue weighted by atomic mass is 10.1. The molecule has 0 heterocycles. The minimum absolute atomic E-state index is 0.0159. The van der Waals surface area contributed by atoms with Crippen molar-refractivity contribution >= 4 is 23.4 Å². The van der Waals surface area contributed by atoms with Crippen molar-refractivity contribution in [3.8, 4) is 0 Å². The number of hydrogen-bond acceptors (Lipinski definition) is 6. The van der Waals surface area contributed by atoms with Gasteiger partial charge in [-0.1, -0.05) is 30.3 Å². The molecule has 22 heavy (non-hydrogen) atoms. The molecule has 1 aromatic rings. The van der Waals surface area contributed by atoms with Gasteiger partial charge in [0.05, 0.1) is 6.04 Å². The van der Waals surface area contributed by atoms with Crippen LogP contribution in [0.4, 0.5) is 4.79 Å². The van der Waals surface area contributed by atoms with Gasteiger partial charge in [0.25, 0.3) is 0 Å². The van der Waals surface area contributed by atoms with Crippen LogP contribution < -0.4 is 10.8 Å². The zero-order valence-electron chi connectivity index (χ0n) is 11.6. The molecule has 1 rings (SSSR count). The number of carboxylic acid groups (broad SMARTS) is 1. The third-order valence-corrected chi connectivity index (χ3v) is 2.80. The first-order valence-electron chi connectivity index (χ1n) is 6.14. The van der Waals surface area contributed by atoms with Crippen LogP contribution in [-0.4, -0.2) is 38.0 Å². The van der Waals surface area contributed by atoms with Crippen LogP contribution in [0, 0.1) is 0 Å². The van der Waals surface area contributed by atoms with E-state index in [4.69, 9.17) is 14.4 Å². The Morgan fingerprint density at radius 1 is 1.32 bits per heavy atom. The highest BCUT2D eigenvalue weighted by Gasteiger charge is 2.27. The molecule has 0 spiro atoms. The summed E-state index contributed by atoms with van der Waals surface area (Å²) in [5.74, 6) is -1.36. The monoisotopic (exact) mass is 332 g/mol. The van der Waals surface area contributed by atoms with Gasteiger partial charge in [-0.05, 0) is 12.5 Å². The predicted octanol–water partition coefficient (Wildman–Crippen LogP) is 0.412. The molecule has 1 aromatic carbocycles. The van der Waals surface area contributed by atoms with E-state index in [1.165, 1.54) is 6.92 Å². The molecule has 3 atom stereocenters. The van der Waals surface area contributed by atoms with Crippen molar-refractivity contribution in [3.63, 3.8) is 0 Å². The summed E-state index contributed by atoms with van der Waals surface area (Å²) < 4.78 is 27.8. The van der Waals surface area contributed by atoms with E-state index < -0.39 is 35.5 Å². The molecule has 0 saturated carbocycles. The minimum atomic E-state index is -2.60. The first kappa shape index (κ1) is 18.0. The summed E-state index contributed by atoms with van der Waals surface area (Å²) in [5, 5.41) is 11.2. The molecule has 0 radical (unpaired) electrons. The van der Waals surface area contributed by atoms with Crippen molar-refractivity contribution in [2.75, 3.05) is 0 Å². The second kappa shape index (κ2) is 9.10. The highest BCUT2D eigenvalue weighted by atomic mass is 32.2. The van der Waals surface area contributed by atoms with Gasteiger partial charge in [-0.25, -0.2) is 9.59 Å². The van der Waals surface area contributed by atoms with Crippen LogP contribution in [0.25, 0.3) is 0 Å². The van der Waals surface area contributed by atoms with E-state index in [1.807, 2.05) is 11.5 Å². The first-order valence-corrected chi connectivity index (χ1v) is 7.17. The van der Waals surface area contributed by atoms with Gasteiger partial charge in [-0.15, -0.1) is 0 Å². The van der Waals surface area contributed by atoms with Gasteiger partial charge in [0.15, 0.2) is 0 Å². The molecular formula is C12H16N2O7S. The second-order valence-electron chi connectivity index (χ2n) is 4.23. The molecule has 122 valence electrons. The lowest BCUT2D eigenvalue weighted by molar-refractivity contribution is -0.140. The van der Waals surface area contributed by atoms with Crippen molar-refractivity contribution in [2.45, 2.75) is 25.6 Å². The zero-order chi connectivity index (χ0) is 16.5. The summed E-state index contributed by atoms with van der Waals surface area (Å²) in [6.45, 7) is 1.33. The fourth-order valence-corrected chi connectivity index (χ4v) is 1.71. The number of carbonyl (C=O) groups is 2. The van der Waals surface area contributed by atoms with E-state index in [-0.39, 0.29) is 6.61 Å². The quantitative estimate of drug-likeness (QED) is 0.397. The van der Waals surface area contributed by atoms with Crippen LogP contribution in [0.2, 0.25) is 0 Å². The lowest BCUT2D eigenvalue weighted by Gasteiger charge is -2.20. The molecule has 0 aliphatic rings. The third-order valence-electron chi connectivity index (χ3n) is 2.56. The SMILES string of the molecule is C[C@@H](NOS(=O)O)[C@H](NC(=O)OCc1ccccc1)C(=O)O. The van der Waals surface area contributed by atoms with Gasteiger partial charge in [0.2, 0.25) is 0 Å². The molecule has 0 aliphatic carbocycles. The highest BCUT2D eigenvalue weighted by molar-refractivity contribution is 7.74. The molecule has 0 saturated heterocycles.